The van der Waals surface area contributed by atoms with Crippen LogP contribution in [0.1, 0.15) is 34.5 Å². The predicted molar refractivity (Wildman–Crippen MR) is 129 cm³/mol. The van der Waals surface area contributed by atoms with Gasteiger partial charge in [-0.15, -0.1) is 4.40 Å². The van der Waals surface area contributed by atoms with Gasteiger partial charge in [-0.2, -0.15) is 8.42 Å². The third-order valence-electron chi connectivity index (χ3n) is 6.14. The van der Waals surface area contributed by atoms with Crippen LogP contribution in [0.25, 0.3) is 0 Å². The Kier molecular flexibility index (Phi) is 6.12. The zero-order valence-corrected chi connectivity index (χ0v) is 19.6. The van der Waals surface area contributed by atoms with Crippen LogP contribution in [-0.4, -0.2) is 44.1 Å². The van der Waals surface area contributed by atoms with Crippen LogP contribution in [0, 0.1) is 5.92 Å². The van der Waals surface area contributed by atoms with Crippen molar-refractivity contribution < 1.29 is 22.4 Å². The van der Waals surface area contributed by atoms with E-state index in [2.05, 4.69) is 15.0 Å². The highest BCUT2D eigenvalue weighted by molar-refractivity contribution is 7.90. The van der Waals surface area contributed by atoms with Crippen molar-refractivity contribution >= 4 is 33.4 Å². The summed E-state index contributed by atoms with van der Waals surface area (Å²) in [6, 6.07) is 17.1. The van der Waals surface area contributed by atoms with E-state index in [-0.39, 0.29) is 29.2 Å². The molecule has 0 unspecified atom stereocenters. The number of carbonyl (C=O) groups excluding carboxylic acids is 2. The third kappa shape index (κ3) is 4.69. The molecule has 9 nitrogen and oxygen atoms in total. The third-order valence-corrected chi connectivity index (χ3v) is 7.46. The molecular weight excluding hydrogens is 468 g/mol. The van der Waals surface area contributed by atoms with Crippen molar-refractivity contribution in [2.75, 3.05) is 18.4 Å². The highest BCUT2D eigenvalue weighted by Gasteiger charge is 2.35. The van der Waals surface area contributed by atoms with E-state index in [1.165, 1.54) is 6.26 Å². The summed E-state index contributed by atoms with van der Waals surface area (Å²) in [6.45, 7) is 1.18. The molecule has 0 radical (unpaired) electrons. The van der Waals surface area contributed by atoms with E-state index in [1.807, 2.05) is 4.90 Å². The van der Waals surface area contributed by atoms with E-state index in [0.717, 1.165) is 0 Å². The fourth-order valence-electron chi connectivity index (χ4n) is 4.40. The van der Waals surface area contributed by atoms with Gasteiger partial charge in [0.2, 0.25) is 5.91 Å². The van der Waals surface area contributed by atoms with Crippen LogP contribution in [-0.2, 0) is 21.4 Å². The number of piperidine rings is 1. The summed E-state index contributed by atoms with van der Waals surface area (Å²) in [5, 5.41) is 5.68. The number of amides is 2. The second-order valence-corrected chi connectivity index (χ2v) is 10.0. The molecule has 1 aromatic heterocycles. The molecule has 3 aromatic rings. The smallest absolute Gasteiger partial charge is 0.285 e. The zero-order valence-electron chi connectivity index (χ0n) is 18.8. The van der Waals surface area contributed by atoms with Gasteiger partial charge in [-0.3, -0.25) is 9.59 Å². The molecule has 2 N–H and O–H groups in total. The fourth-order valence-corrected chi connectivity index (χ4v) is 5.63. The zero-order chi connectivity index (χ0) is 24.4. The Morgan fingerprint density at radius 2 is 1.86 bits per heavy atom. The Morgan fingerprint density at radius 1 is 1.06 bits per heavy atom. The predicted octanol–water partition coefficient (Wildman–Crippen LogP) is 3.01. The average Bonchev–Trinajstić information content (AvgIpc) is 3.49. The van der Waals surface area contributed by atoms with Gasteiger partial charge in [-0.05, 0) is 49.2 Å². The van der Waals surface area contributed by atoms with E-state index in [1.54, 1.807) is 60.7 Å². The van der Waals surface area contributed by atoms with Crippen molar-refractivity contribution in [3.8, 4) is 0 Å². The minimum Gasteiger partial charge on any atom is -0.467 e. The molecule has 1 saturated heterocycles. The lowest BCUT2D eigenvalue weighted by Gasteiger charge is -2.33. The van der Waals surface area contributed by atoms with Crippen LogP contribution in [0.5, 0.6) is 0 Å². The quantitative estimate of drug-likeness (QED) is 0.565. The van der Waals surface area contributed by atoms with Gasteiger partial charge in [0.25, 0.3) is 15.9 Å². The van der Waals surface area contributed by atoms with E-state index < -0.39 is 10.0 Å². The van der Waals surface area contributed by atoms with Crippen LogP contribution in [0.15, 0.2) is 80.6 Å². The van der Waals surface area contributed by atoms with Crippen LogP contribution in [0.3, 0.4) is 0 Å². The maximum Gasteiger partial charge on any atom is 0.285 e. The highest BCUT2D eigenvalue weighted by Crippen LogP contribution is 2.30. The van der Waals surface area contributed by atoms with Crippen molar-refractivity contribution in [2.24, 2.45) is 10.3 Å². The Balaban J connectivity index is 1.29. The van der Waals surface area contributed by atoms with Gasteiger partial charge in [0.05, 0.1) is 30.0 Å². The standard InChI is InChI=1S/C25H24N4O5S/c30-24(27-21-11-3-1-9-19(21)25(31)26-15-18-8-6-14-34-18)17-7-5-13-29(16-17)23-20-10-2-4-12-22(20)35(32,33)28-23/h1-4,6,8-12,14,17H,5,7,13,15-16H2,(H,26,31)(H,27,30)/t17-/m0/s1. The number of furan rings is 1. The number of hydrogen-bond acceptors (Lipinski definition) is 6. The fraction of sp³-hybridized carbons (Fsp3) is 0.240. The molecule has 1 fully saturated rings. The molecule has 3 heterocycles. The van der Waals surface area contributed by atoms with Gasteiger partial charge in [0.15, 0.2) is 5.84 Å². The lowest BCUT2D eigenvalue weighted by Crippen LogP contribution is -2.43. The molecule has 5 rings (SSSR count). The Morgan fingerprint density at radius 3 is 2.69 bits per heavy atom. The molecule has 0 aliphatic carbocycles. The molecule has 0 bridgehead atoms. The molecule has 10 heteroatoms. The van der Waals surface area contributed by atoms with Crippen molar-refractivity contribution in [1.29, 1.82) is 0 Å². The number of carbonyl (C=O) groups is 2. The van der Waals surface area contributed by atoms with Crippen LogP contribution in [0.2, 0.25) is 0 Å². The maximum atomic E-state index is 13.2. The number of nitrogens with one attached hydrogen (secondary N) is 2. The van der Waals surface area contributed by atoms with Gasteiger partial charge in [0, 0.05) is 18.7 Å². The van der Waals surface area contributed by atoms with Crippen LogP contribution >= 0.6 is 0 Å². The van der Waals surface area contributed by atoms with Crippen molar-refractivity contribution in [1.82, 2.24) is 10.2 Å². The first-order valence-corrected chi connectivity index (χ1v) is 12.8. The molecule has 1 atom stereocenters. The molecule has 0 saturated carbocycles. The lowest BCUT2D eigenvalue weighted by atomic mass is 9.96. The molecular formula is C25H24N4O5S. The summed E-state index contributed by atoms with van der Waals surface area (Å²) < 4.78 is 34.1. The minimum absolute atomic E-state index is 0.191. The highest BCUT2D eigenvalue weighted by atomic mass is 32.2. The van der Waals surface area contributed by atoms with Crippen molar-refractivity contribution in [3.63, 3.8) is 0 Å². The summed E-state index contributed by atoms with van der Waals surface area (Å²) in [4.78, 5) is 28.0. The number of para-hydroxylation sites is 1. The van der Waals surface area contributed by atoms with Crippen molar-refractivity contribution in [2.45, 2.75) is 24.3 Å². The molecule has 180 valence electrons. The topological polar surface area (TPSA) is 121 Å². The first-order valence-electron chi connectivity index (χ1n) is 11.3. The normalized spacial score (nSPS) is 18.5. The van der Waals surface area contributed by atoms with Gasteiger partial charge in [-0.1, -0.05) is 24.3 Å². The summed E-state index contributed by atoms with van der Waals surface area (Å²) in [5.41, 5.74) is 1.32. The second kappa shape index (κ2) is 9.38. The van der Waals surface area contributed by atoms with Crippen LogP contribution < -0.4 is 10.6 Å². The Labute approximate surface area is 202 Å². The number of fused-ring (bicyclic) bond motifs is 1. The number of sulfonamides is 1. The summed E-state index contributed by atoms with van der Waals surface area (Å²) in [6.07, 6.45) is 2.90. The first kappa shape index (κ1) is 22.9. The number of benzene rings is 2. The summed E-state index contributed by atoms with van der Waals surface area (Å²) in [7, 11) is -3.73. The number of hydrogen-bond donors (Lipinski definition) is 2. The van der Waals surface area contributed by atoms with E-state index in [4.69, 9.17) is 4.42 Å². The monoisotopic (exact) mass is 492 g/mol. The van der Waals surface area contributed by atoms with Crippen molar-refractivity contribution in [3.05, 3.63) is 83.8 Å². The Hall–Kier alpha value is -3.92. The molecule has 0 spiro atoms. The summed E-state index contributed by atoms with van der Waals surface area (Å²) >= 11 is 0. The molecule has 35 heavy (non-hydrogen) atoms. The van der Waals surface area contributed by atoms with Gasteiger partial charge >= 0.3 is 0 Å². The lowest BCUT2D eigenvalue weighted by molar-refractivity contribution is -0.121. The summed E-state index contributed by atoms with van der Waals surface area (Å²) in [5.74, 6) is 0.0676. The molecule has 2 aromatic carbocycles. The SMILES string of the molecule is O=C(NCc1ccco1)c1ccccc1NC(=O)[C@H]1CCCN(C2=NS(=O)(=O)c3ccccc32)C1. The van der Waals surface area contributed by atoms with E-state index in [0.29, 0.717) is 54.3 Å². The number of likely N-dealkylation sites (tertiary alicyclic amines) is 1. The number of rotatable bonds is 5. The van der Waals surface area contributed by atoms with Crippen LogP contribution in [0.4, 0.5) is 5.69 Å². The Bertz CT molecular complexity index is 1400. The minimum atomic E-state index is -3.73. The van der Waals surface area contributed by atoms with Gasteiger partial charge < -0.3 is 20.0 Å². The van der Waals surface area contributed by atoms with E-state index >= 15 is 0 Å². The first-order chi connectivity index (χ1) is 16.9. The largest absolute Gasteiger partial charge is 0.467 e. The molecule has 2 aliphatic rings. The molecule has 2 aliphatic heterocycles. The number of anilines is 1. The average molecular weight is 493 g/mol. The number of nitrogens with zero attached hydrogens (tertiary/aromatic N) is 2. The van der Waals surface area contributed by atoms with Gasteiger partial charge in [0.1, 0.15) is 10.7 Å². The number of amidine groups is 1. The molecule has 2 amide bonds. The second-order valence-electron chi connectivity index (χ2n) is 8.47. The van der Waals surface area contributed by atoms with Gasteiger partial charge in [-0.25, -0.2) is 0 Å². The maximum absolute atomic E-state index is 13.2. The van der Waals surface area contributed by atoms with E-state index in [9.17, 15) is 18.0 Å².